The van der Waals surface area contributed by atoms with E-state index in [0.717, 1.165) is 35.4 Å². The van der Waals surface area contributed by atoms with Gasteiger partial charge in [-0.3, -0.25) is 9.88 Å². The van der Waals surface area contributed by atoms with Crippen molar-refractivity contribution in [2.24, 2.45) is 0 Å². The Labute approximate surface area is 203 Å². The largest absolute Gasteiger partial charge is 0.281 e. The van der Waals surface area contributed by atoms with E-state index in [-0.39, 0.29) is 17.9 Å². The van der Waals surface area contributed by atoms with Crippen LogP contribution < -0.4 is 0 Å². The highest BCUT2D eigenvalue weighted by Crippen LogP contribution is 2.36. The van der Waals surface area contributed by atoms with Gasteiger partial charge >= 0.3 is 0 Å². The fourth-order valence-electron chi connectivity index (χ4n) is 4.77. The summed E-state index contributed by atoms with van der Waals surface area (Å²) in [5, 5.41) is 13.7. The van der Waals surface area contributed by atoms with Gasteiger partial charge in [0.05, 0.1) is 12.1 Å². The van der Waals surface area contributed by atoms with Crippen molar-refractivity contribution in [2.75, 3.05) is 0 Å². The van der Waals surface area contributed by atoms with Crippen molar-refractivity contribution in [2.45, 2.75) is 50.9 Å². The van der Waals surface area contributed by atoms with Crippen LogP contribution in [0.3, 0.4) is 0 Å². The number of nitrogens with zero attached hydrogens (tertiary/aromatic N) is 6. The summed E-state index contributed by atoms with van der Waals surface area (Å²) in [7, 11) is 0. The maximum absolute atomic E-state index is 13.9. The molecular formula is C26H26ClFN6. The van der Waals surface area contributed by atoms with E-state index in [1.54, 1.807) is 6.20 Å². The van der Waals surface area contributed by atoms with Crippen molar-refractivity contribution in [3.05, 3.63) is 106 Å². The highest BCUT2D eigenvalue weighted by molar-refractivity contribution is 6.31. The Bertz CT molecular complexity index is 1210. The van der Waals surface area contributed by atoms with Crippen molar-refractivity contribution in [1.82, 2.24) is 30.1 Å². The summed E-state index contributed by atoms with van der Waals surface area (Å²) in [6, 6.07) is 18.4. The fraction of sp³-hybridized carbons (Fsp3) is 0.308. The molecule has 6 nitrogen and oxygen atoms in total. The van der Waals surface area contributed by atoms with Crippen molar-refractivity contribution in [1.29, 1.82) is 0 Å². The first-order chi connectivity index (χ1) is 16.7. The Kier molecular flexibility index (Phi) is 6.92. The predicted molar refractivity (Wildman–Crippen MR) is 129 cm³/mol. The molecule has 0 unspecified atom stereocenters. The van der Waals surface area contributed by atoms with E-state index in [2.05, 4.69) is 25.4 Å². The van der Waals surface area contributed by atoms with Crippen LogP contribution in [0, 0.1) is 5.82 Å². The zero-order valence-electron chi connectivity index (χ0n) is 18.8. The molecule has 1 aliphatic carbocycles. The van der Waals surface area contributed by atoms with Crippen molar-refractivity contribution in [3.8, 4) is 0 Å². The molecule has 0 bridgehead atoms. The van der Waals surface area contributed by atoms with E-state index in [1.807, 2.05) is 59.4 Å². The van der Waals surface area contributed by atoms with Gasteiger partial charge in [-0.05, 0) is 64.2 Å². The molecule has 1 fully saturated rings. The molecule has 34 heavy (non-hydrogen) atoms. The van der Waals surface area contributed by atoms with Crippen LogP contribution in [0.15, 0.2) is 73.1 Å². The maximum Gasteiger partial charge on any atom is 0.173 e. The van der Waals surface area contributed by atoms with Crippen molar-refractivity contribution >= 4 is 11.6 Å². The molecule has 0 amide bonds. The minimum Gasteiger partial charge on any atom is -0.281 e. The Morgan fingerprint density at radius 2 is 1.79 bits per heavy atom. The molecular weight excluding hydrogens is 451 g/mol. The average molecular weight is 477 g/mol. The third kappa shape index (κ3) is 5.00. The van der Waals surface area contributed by atoms with E-state index in [0.29, 0.717) is 18.1 Å². The third-order valence-corrected chi connectivity index (χ3v) is 6.79. The second kappa shape index (κ2) is 10.4. The molecule has 4 aromatic rings. The highest BCUT2D eigenvalue weighted by atomic mass is 35.5. The van der Waals surface area contributed by atoms with Crippen LogP contribution in [0.1, 0.15) is 60.3 Å². The van der Waals surface area contributed by atoms with Gasteiger partial charge < -0.3 is 0 Å². The van der Waals surface area contributed by atoms with Crippen LogP contribution in [0.5, 0.6) is 0 Å². The van der Waals surface area contributed by atoms with Crippen LogP contribution in [0.2, 0.25) is 5.02 Å². The first kappa shape index (κ1) is 22.6. The lowest BCUT2D eigenvalue weighted by Crippen LogP contribution is -2.32. The lowest BCUT2D eigenvalue weighted by molar-refractivity contribution is 0.191. The minimum atomic E-state index is -0.298. The van der Waals surface area contributed by atoms with Gasteiger partial charge in [-0.25, -0.2) is 9.07 Å². The molecule has 2 aromatic heterocycles. The van der Waals surface area contributed by atoms with Gasteiger partial charge in [0.2, 0.25) is 0 Å². The molecule has 0 spiro atoms. The molecule has 1 saturated carbocycles. The summed E-state index contributed by atoms with van der Waals surface area (Å²) in [5.41, 5.74) is 2.98. The second-order valence-electron chi connectivity index (χ2n) is 8.73. The standard InChI is InChI=1S/C26H26ClFN6/c27-24-10-4-1-7-21(24)18-33(17-19-6-5-15-29-16-19)25(20-11-13-22(28)14-12-20)26-30-31-32-34(26)23-8-2-3-9-23/h1,4-7,10-16,23,25H,2-3,8-9,17-18H2/t25-/m1/s1. The monoisotopic (exact) mass is 476 g/mol. The van der Waals surface area contributed by atoms with Crippen LogP contribution in [-0.4, -0.2) is 30.1 Å². The summed E-state index contributed by atoms with van der Waals surface area (Å²) in [5.74, 6) is 0.484. The van der Waals surface area contributed by atoms with Gasteiger partial charge in [0, 0.05) is 30.5 Å². The molecule has 2 heterocycles. The van der Waals surface area contributed by atoms with E-state index >= 15 is 0 Å². The Hall–Kier alpha value is -3.16. The molecule has 1 atom stereocenters. The fourth-order valence-corrected chi connectivity index (χ4v) is 4.96. The van der Waals surface area contributed by atoms with E-state index < -0.39 is 0 Å². The second-order valence-corrected chi connectivity index (χ2v) is 9.14. The molecule has 0 aliphatic heterocycles. The van der Waals surface area contributed by atoms with Gasteiger partial charge in [0.15, 0.2) is 5.82 Å². The van der Waals surface area contributed by atoms with E-state index in [4.69, 9.17) is 11.6 Å². The van der Waals surface area contributed by atoms with Gasteiger partial charge in [-0.15, -0.1) is 5.10 Å². The molecule has 0 radical (unpaired) electrons. The van der Waals surface area contributed by atoms with Crippen LogP contribution in [-0.2, 0) is 13.1 Å². The number of pyridine rings is 1. The molecule has 1 aliphatic rings. The van der Waals surface area contributed by atoms with Gasteiger partial charge in [0.25, 0.3) is 0 Å². The number of halogens is 2. The first-order valence-electron chi connectivity index (χ1n) is 11.6. The molecule has 0 saturated heterocycles. The van der Waals surface area contributed by atoms with Crippen molar-refractivity contribution in [3.63, 3.8) is 0 Å². The quantitative estimate of drug-likeness (QED) is 0.323. The zero-order valence-corrected chi connectivity index (χ0v) is 19.5. The predicted octanol–water partition coefficient (Wildman–Crippen LogP) is 5.77. The summed E-state index contributed by atoms with van der Waals surface area (Å²) in [4.78, 5) is 6.58. The summed E-state index contributed by atoms with van der Waals surface area (Å²) in [6.07, 6.45) is 8.08. The summed E-state index contributed by atoms with van der Waals surface area (Å²) in [6.45, 7) is 1.16. The van der Waals surface area contributed by atoms with Gasteiger partial charge in [0.1, 0.15) is 5.82 Å². The lowest BCUT2D eigenvalue weighted by atomic mass is 10.0. The van der Waals surface area contributed by atoms with Crippen LogP contribution in [0.25, 0.3) is 0 Å². The number of aromatic nitrogens is 5. The normalized spacial score (nSPS) is 15.1. The average Bonchev–Trinajstić information content (AvgIpc) is 3.55. The number of rotatable bonds is 8. The summed E-state index contributed by atoms with van der Waals surface area (Å²) < 4.78 is 15.9. The maximum atomic E-state index is 13.9. The molecule has 5 rings (SSSR count). The third-order valence-electron chi connectivity index (χ3n) is 6.42. The zero-order chi connectivity index (χ0) is 23.3. The smallest absolute Gasteiger partial charge is 0.173 e. The van der Waals surface area contributed by atoms with Gasteiger partial charge in [-0.1, -0.05) is 60.8 Å². The van der Waals surface area contributed by atoms with Gasteiger partial charge in [-0.2, -0.15) is 0 Å². The summed E-state index contributed by atoms with van der Waals surface area (Å²) >= 11 is 6.57. The number of benzene rings is 2. The first-order valence-corrected chi connectivity index (χ1v) is 12.0. The topological polar surface area (TPSA) is 59.7 Å². The minimum absolute atomic E-state index is 0.272. The number of hydrogen-bond acceptors (Lipinski definition) is 5. The molecule has 174 valence electrons. The Morgan fingerprint density at radius 3 is 2.53 bits per heavy atom. The van der Waals surface area contributed by atoms with Crippen molar-refractivity contribution < 1.29 is 4.39 Å². The van der Waals surface area contributed by atoms with E-state index in [1.165, 1.54) is 25.0 Å². The van der Waals surface area contributed by atoms with Crippen LogP contribution >= 0.6 is 11.6 Å². The lowest BCUT2D eigenvalue weighted by Gasteiger charge is -2.32. The van der Waals surface area contributed by atoms with E-state index in [9.17, 15) is 4.39 Å². The molecule has 2 aromatic carbocycles. The number of tetrazole rings is 1. The number of hydrogen-bond donors (Lipinski definition) is 0. The highest BCUT2D eigenvalue weighted by Gasteiger charge is 2.32. The Morgan fingerprint density at radius 1 is 1.00 bits per heavy atom. The molecule has 0 N–H and O–H groups in total. The Balaban J connectivity index is 1.61. The molecule has 8 heteroatoms. The van der Waals surface area contributed by atoms with Crippen LogP contribution in [0.4, 0.5) is 4.39 Å². The SMILES string of the molecule is Fc1ccc([C@H](c2nnnn2C2CCCC2)N(Cc2cccnc2)Cc2ccccc2Cl)cc1.